The topological polar surface area (TPSA) is 80.3 Å². The fourth-order valence-electron chi connectivity index (χ4n) is 2.47. The van der Waals surface area contributed by atoms with Crippen molar-refractivity contribution in [3.05, 3.63) is 40.4 Å². The first-order chi connectivity index (χ1) is 12.9. The summed E-state index contributed by atoms with van der Waals surface area (Å²) >= 11 is 6.17. The lowest BCUT2D eigenvalue weighted by molar-refractivity contribution is 0.0726. The van der Waals surface area contributed by atoms with Gasteiger partial charge in [-0.15, -0.1) is 0 Å². The van der Waals surface area contributed by atoms with Gasteiger partial charge in [0.25, 0.3) is 0 Å². The van der Waals surface area contributed by atoms with E-state index in [9.17, 15) is 9.59 Å². The molecule has 0 aliphatic carbocycles. The lowest BCUT2D eigenvalue weighted by Crippen LogP contribution is -2.13. The molecule has 0 heterocycles. The van der Waals surface area contributed by atoms with Crippen LogP contribution in [0.15, 0.2) is 24.3 Å². The smallest absolute Gasteiger partial charge is 0.343 e. The number of benzene rings is 2. The third-order valence-electron chi connectivity index (χ3n) is 3.74. The molecular weight excluding hydrogens is 376 g/mol. The Morgan fingerprint density at radius 3 is 1.96 bits per heavy atom. The van der Waals surface area contributed by atoms with Crippen LogP contribution >= 0.6 is 11.6 Å². The Kier molecular flexibility index (Phi) is 6.52. The maximum atomic E-state index is 12.7. The van der Waals surface area contributed by atoms with Crippen LogP contribution < -0.4 is 23.7 Å². The van der Waals surface area contributed by atoms with Crippen molar-refractivity contribution in [1.29, 1.82) is 0 Å². The van der Waals surface area contributed by atoms with E-state index < -0.39 is 11.8 Å². The first kappa shape index (κ1) is 20.4. The highest BCUT2D eigenvalue weighted by Crippen LogP contribution is 2.44. The highest BCUT2D eigenvalue weighted by Gasteiger charge is 2.26. The average Bonchev–Trinajstić information content (AvgIpc) is 2.66. The fraction of sp³-hybridized carbons (Fsp3) is 0.263. The zero-order valence-electron chi connectivity index (χ0n) is 15.5. The highest BCUT2D eigenvalue weighted by molar-refractivity contribution is 6.34. The molecule has 0 aliphatic heterocycles. The van der Waals surface area contributed by atoms with Gasteiger partial charge in [0, 0.05) is 6.07 Å². The second kappa shape index (κ2) is 8.64. The Hall–Kier alpha value is -2.93. The molecule has 2 rings (SSSR count). The van der Waals surface area contributed by atoms with E-state index in [-0.39, 0.29) is 33.4 Å². The van der Waals surface area contributed by atoms with E-state index in [0.29, 0.717) is 11.5 Å². The summed E-state index contributed by atoms with van der Waals surface area (Å²) in [7, 11) is 5.70. The number of esters is 1. The summed E-state index contributed by atoms with van der Waals surface area (Å²) < 4.78 is 26.3. The van der Waals surface area contributed by atoms with E-state index in [1.165, 1.54) is 53.6 Å². The summed E-state index contributed by atoms with van der Waals surface area (Å²) in [6.45, 7) is 1.31. The Morgan fingerprint density at radius 1 is 0.815 bits per heavy atom. The molecule has 0 saturated carbocycles. The van der Waals surface area contributed by atoms with Crippen molar-refractivity contribution >= 4 is 23.4 Å². The molecule has 8 heteroatoms. The van der Waals surface area contributed by atoms with Crippen LogP contribution in [0, 0.1) is 0 Å². The lowest BCUT2D eigenvalue weighted by atomic mass is 10.1. The maximum Gasteiger partial charge on any atom is 0.343 e. The van der Waals surface area contributed by atoms with E-state index >= 15 is 0 Å². The van der Waals surface area contributed by atoms with Gasteiger partial charge in [-0.1, -0.05) is 11.6 Å². The van der Waals surface area contributed by atoms with Gasteiger partial charge in [0.15, 0.2) is 28.8 Å². The summed E-state index contributed by atoms with van der Waals surface area (Å²) in [6.07, 6.45) is 0. The molecule has 0 fully saturated rings. The van der Waals surface area contributed by atoms with Crippen molar-refractivity contribution in [2.45, 2.75) is 6.92 Å². The van der Waals surface area contributed by atoms with Crippen LogP contribution in [0.5, 0.6) is 28.7 Å². The summed E-state index contributed by atoms with van der Waals surface area (Å²) in [5, 5.41) is 0.0789. The fourth-order valence-corrected chi connectivity index (χ4v) is 2.79. The van der Waals surface area contributed by atoms with Gasteiger partial charge in [-0.25, -0.2) is 4.79 Å². The second-order valence-corrected chi connectivity index (χ2v) is 5.72. The molecule has 0 bridgehead atoms. The van der Waals surface area contributed by atoms with E-state index in [2.05, 4.69) is 0 Å². The number of halogens is 1. The number of rotatable bonds is 7. The quantitative estimate of drug-likeness (QED) is 0.401. The van der Waals surface area contributed by atoms with Gasteiger partial charge in [-0.3, -0.25) is 4.79 Å². The number of carbonyl (C=O) groups excluding carboxylic acids is 2. The standard InChI is InChI=1S/C19H19ClO7/c1-10(21)16-12(20)9-15(25-4)17(26-5)18(16)27-19(22)11-6-7-13(23-2)14(8-11)24-3/h6-9H,1-5H3. The maximum absolute atomic E-state index is 12.7. The molecule has 2 aromatic carbocycles. The second-order valence-electron chi connectivity index (χ2n) is 5.31. The molecule has 0 unspecified atom stereocenters. The summed E-state index contributed by atoms with van der Waals surface area (Å²) in [5.41, 5.74) is 0.200. The SMILES string of the molecule is COc1ccc(C(=O)Oc2c(OC)c(OC)cc(Cl)c2C(C)=O)cc1OC. The Morgan fingerprint density at radius 2 is 1.44 bits per heavy atom. The molecule has 0 atom stereocenters. The van der Waals surface area contributed by atoms with Gasteiger partial charge in [-0.05, 0) is 25.1 Å². The zero-order valence-corrected chi connectivity index (χ0v) is 16.3. The molecule has 7 nitrogen and oxygen atoms in total. The molecule has 2 aromatic rings. The highest BCUT2D eigenvalue weighted by atomic mass is 35.5. The Labute approximate surface area is 161 Å². The van der Waals surface area contributed by atoms with Gasteiger partial charge in [0.2, 0.25) is 5.75 Å². The summed E-state index contributed by atoms with van der Waals surface area (Å²) in [5.74, 6) is -0.121. The van der Waals surface area contributed by atoms with Gasteiger partial charge < -0.3 is 23.7 Å². The third-order valence-corrected chi connectivity index (χ3v) is 4.04. The monoisotopic (exact) mass is 394 g/mol. The normalized spacial score (nSPS) is 10.1. The van der Waals surface area contributed by atoms with Crippen LogP contribution in [0.25, 0.3) is 0 Å². The largest absolute Gasteiger partial charge is 0.493 e. The van der Waals surface area contributed by atoms with Crippen LogP contribution in [0.2, 0.25) is 5.02 Å². The molecule has 0 amide bonds. The van der Waals surface area contributed by atoms with Crippen molar-refractivity contribution in [2.75, 3.05) is 28.4 Å². The molecule has 27 heavy (non-hydrogen) atoms. The average molecular weight is 395 g/mol. The van der Waals surface area contributed by atoms with Crippen LogP contribution in [0.3, 0.4) is 0 Å². The molecule has 144 valence electrons. The Bertz CT molecular complexity index is 877. The summed E-state index contributed by atoms with van der Waals surface area (Å²) in [6, 6.07) is 5.95. The van der Waals surface area contributed by atoms with Crippen molar-refractivity contribution in [2.24, 2.45) is 0 Å². The number of ketones is 1. The number of Topliss-reactive ketones (excluding diaryl/α,β-unsaturated/α-hetero) is 1. The Balaban J connectivity index is 2.54. The number of methoxy groups -OCH3 is 4. The molecule has 0 spiro atoms. The predicted molar refractivity (Wildman–Crippen MR) is 99.1 cm³/mol. The van der Waals surface area contributed by atoms with Gasteiger partial charge in [0.05, 0.1) is 44.6 Å². The van der Waals surface area contributed by atoms with Gasteiger partial charge in [0.1, 0.15) is 0 Å². The van der Waals surface area contributed by atoms with E-state index in [1.54, 1.807) is 6.07 Å². The first-order valence-corrected chi connectivity index (χ1v) is 8.15. The zero-order chi connectivity index (χ0) is 20.1. The summed E-state index contributed by atoms with van der Waals surface area (Å²) in [4.78, 5) is 24.7. The number of hydrogen-bond donors (Lipinski definition) is 0. The number of ether oxygens (including phenoxy) is 5. The van der Waals surface area contributed by atoms with E-state index in [0.717, 1.165) is 0 Å². The molecule has 0 saturated heterocycles. The van der Waals surface area contributed by atoms with Crippen LogP contribution in [-0.2, 0) is 0 Å². The first-order valence-electron chi connectivity index (χ1n) is 7.77. The minimum absolute atomic E-state index is 0.0168. The lowest BCUT2D eigenvalue weighted by Gasteiger charge is -2.17. The number of hydrogen-bond acceptors (Lipinski definition) is 7. The minimum Gasteiger partial charge on any atom is -0.493 e. The number of carbonyl (C=O) groups is 2. The van der Waals surface area contributed by atoms with Crippen LogP contribution in [0.1, 0.15) is 27.6 Å². The molecular formula is C19H19ClO7. The minimum atomic E-state index is -0.735. The van der Waals surface area contributed by atoms with Crippen LogP contribution in [-0.4, -0.2) is 40.2 Å². The third kappa shape index (κ3) is 4.09. The van der Waals surface area contributed by atoms with Crippen molar-refractivity contribution in [3.63, 3.8) is 0 Å². The van der Waals surface area contributed by atoms with Crippen molar-refractivity contribution < 1.29 is 33.3 Å². The van der Waals surface area contributed by atoms with Crippen molar-refractivity contribution in [1.82, 2.24) is 0 Å². The van der Waals surface area contributed by atoms with Crippen LogP contribution in [0.4, 0.5) is 0 Å². The molecule has 0 aliphatic rings. The molecule has 0 aromatic heterocycles. The molecule has 0 radical (unpaired) electrons. The van der Waals surface area contributed by atoms with E-state index in [4.69, 9.17) is 35.3 Å². The molecule has 0 N–H and O–H groups in total. The van der Waals surface area contributed by atoms with Crippen molar-refractivity contribution in [3.8, 4) is 28.7 Å². The van der Waals surface area contributed by atoms with E-state index in [1.807, 2.05) is 0 Å². The predicted octanol–water partition coefficient (Wildman–Crippen LogP) is 3.80. The van der Waals surface area contributed by atoms with Gasteiger partial charge >= 0.3 is 5.97 Å². The van der Waals surface area contributed by atoms with Gasteiger partial charge in [-0.2, -0.15) is 0 Å².